The summed E-state index contributed by atoms with van der Waals surface area (Å²) in [4.78, 5) is 11.2. The Bertz CT molecular complexity index is 1470. The molecule has 0 bridgehead atoms. The van der Waals surface area contributed by atoms with Crippen molar-refractivity contribution in [1.82, 2.24) is 19.9 Å². The molecule has 2 atom stereocenters. The summed E-state index contributed by atoms with van der Waals surface area (Å²) in [5, 5.41) is 6.93. The summed E-state index contributed by atoms with van der Waals surface area (Å²) < 4.78 is 27.9. The van der Waals surface area contributed by atoms with Crippen LogP contribution < -0.4 is 14.9 Å². The Morgan fingerprint density at radius 2 is 1.86 bits per heavy atom. The number of rotatable bonds is 6. The molecule has 0 spiro atoms. The van der Waals surface area contributed by atoms with Crippen LogP contribution in [0.15, 0.2) is 66.3 Å². The van der Waals surface area contributed by atoms with Gasteiger partial charge in [-0.1, -0.05) is 6.07 Å². The van der Waals surface area contributed by atoms with E-state index < -0.39 is 10.0 Å². The van der Waals surface area contributed by atoms with Crippen LogP contribution in [0.3, 0.4) is 0 Å². The van der Waals surface area contributed by atoms with E-state index in [0.29, 0.717) is 10.8 Å². The largest absolute Gasteiger partial charge is 0.351 e. The van der Waals surface area contributed by atoms with Crippen LogP contribution in [-0.4, -0.2) is 34.3 Å². The van der Waals surface area contributed by atoms with Crippen LogP contribution in [0.1, 0.15) is 34.7 Å². The lowest BCUT2D eigenvalue weighted by molar-refractivity contribution is 0.565. The molecule has 0 aliphatic carbocycles. The second-order valence-electron chi connectivity index (χ2n) is 8.39. The molecule has 8 nitrogen and oxygen atoms in total. The monoisotopic (exact) mass is 524 g/mol. The molecule has 0 saturated carbocycles. The van der Waals surface area contributed by atoms with Crippen LogP contribution in [0.2, 0.25) is 0 Å². The maximum Gasteiger partial charge on any atom is 0.229 e. The lowest BCUT2D eigenvalue weighted by atomic mass is 9.96. The Morgan fingerprint density at radius 3 is 2.49 bits per heavy atom. The Balaban J connectivity index is 1.62. The average Bonchev–Trinajstić information content (AvgIpc) is 3.52. The smallest absolute Gasteiger partial charge is 0.229 e. The molecule has 11 heteroatoms. The van der Waals surface area contributed by atoms with Gasteiger partial charge in [-0.15, -0.1) is 11.3 Å². The number of hydrogen-bond donors (Lipinski definition) is 2. The van der Waals surface area contributed by atoms with E-state index in [1.165, 1.54) is 0 Å². The zero-order valence-electron chi connectivity index (χ0n) is 19.3. The minimum atomic E-state index is -3.37. The normalized spacial score (nSPS) is 18.0. The van der Waals surface area contributed by atoms with Gasteiger partial charge < -0.3 is 10.2 Å². The number of aryl methyl sites for hydroxylation is 1. The summed E-state index contributed by atoms with van der Waals surface area (Å²) in [7, 11) is -3.37. The van der Waals surface area contributed by atoms with E-state index in [2.05, 4.69) is 49.4 Å². The first-order chi connectivity index (χ1) is 16.7. The lowest BCUT2D eigenvalue weighted by Gasteiger charge is -2.28. The Morgan fingerprint density at radius 1 is 1.09 bits per heavy atom. The van der Waals surface area contributed by atoms with Gasteiger partial charge in [-0.05, 0) is 74.1 Å². The highest BCUT2D eigenvalue weighted by atomic mass is 32.2. The van der Waals surface area contributed by atoms with Gasteiger partial charge in [0.1, 0.15) is 0 Å². The molecule has 0 unspecified atom stereocenters. The highest BCUT2D eigenvalue weighted by Gasteiger charge is 2.42. The molecule has 4 heterocycles. The molecule has 1 aromatic carbocycles. The van der Waals surface area contributed by atoms with E-state index in [-0.39, 0.29) is 12.1 Å². The fourth-order valence-corrected chi connectivity index (χ4v) is 6.22. The zero-order chi connectivity index (χ0) is 24.7. The van der Waals surface area contributed by atoms with Gasteiger partial charge in [0.15, 0.2) is 10.2 Å². The summed E-state index contributed by atoms with van der Waals surface area (Å²) in [6, 6.07) is 14.9. The molecule has 1 saturated heterocycles. The molecule has 35 heavy (non-hydrogen) atoms. The predicted molar refractivity (Wildman–Crippen MR) is 144 cm³/mol. The molecular weight excluding hydrogens is 501 g/mol. The Hall–Kier alpha value is -3.28. The van der Waals surface area contributed by atoms with Gasteiger partial charge in [0.05, 0.1) is 24.0 Å². The Kier molecular flexibility index (Phi) is 6.07. The van der Waals surface area contributed by atoms with E-state index in [9.17, 15) is 8.42 Å². The molecule has 180 valence electrons. The van der Waals surface area contributed by atoms with Crippen molar-refractivity contribution in [3.63, 3.8) is 0 Å². The van der Waals surface area contributed by atoms with Crippen LogP contribution in [0, 0.1) is 13.8 Å². The lowest BCUT2D eigenvalue weighted by Crippen LogP contribution is -2.29. The zero-order valence-corrected chi connectivity index (χ0v) is 21.8. The summed E-state index contributed by atoms with van der Waals surface area (Å²) in [6.07, 6.45) is 4.72. The van der Waals surface area contributed by atoms with Crippen molar-refractivity contribution in [1.29, 1.82) is 0 Å². The fraction of sp³-hybridized carbons (Fsp3) is 0.208. The predicted octanol–water partition coefficient (Wildman–Crippen LogP) is 4.49. The highest BCUT2D eigenvalue weighted by Crippen LogP contribution is 2.44. The van der Waals surface area contributed by atoms with Gasteiger partial charge in [-0.2, -0.15) is 0 Å². The first-order valence-electron chi connectivity index (χ1n) is 10.9. The highest BCUT2D eigenvalue weighted by molar-refractivity contribution is 7.92. The first-order valence-corrected chi connectivity index (χ1v) is 14.1. The topological polar surface area (TPSA) is 92.2 Å². The van der Waals surface area contributed by atoms with Crippen molar-refractivity contribution >= 4 is 50.1 Å². The second-order valence-corrected chi connectivity index (χ2v) is 11.4. The van der Waals surface area contributed by atoms with E-state index >= 15 is 0 Å². The van der Waals surface area contributed by atoms with Gasteiger partial charge in [-0.3, -0.25) is 14.3 Å². The molecule has 4 aromatic rings. The quantitative estimate of drug-likeness (QED) is 0.359. The van der Waals surface area contributed by atoms with E-state index in [4.69, 9.17) is 12.2 Å². The average molecular weight is 525 g/mol. The molecule has 1 fully saturated rings. The van der Waals surface area contributed by atoms with Crippen LogP contribution in [0.5, 0.6) is 0 Å². The number of nitrogens with one attached hydrogen (secondary N) is 2. The standard InChI is InChI=1S/C24H24N6O2S3/c1-15-14-19(16(2)29(15)24-26-12-13-34-24)22-21(20-6-4-5-11-25-20)27-23(33)30(22)18-9-7-17(8-10-18)28-35(3,31)32/h4-14,21-22,28H,1-3H3,(H,27,33)/t21-,22+/m0/s1. The van der Waals surface area contributed by atoms with E-state index in [1.54, 1.807) is 35.9 Å². The number of nitrogens with zero attached hydrogens (tertiary/aromatic N) is 4. The molecular formula is C24H24N6O2S3. The number of aromatic nitrogens is 3. The third-order valence-electron chi connectivity index (χ3n) is 5.95. The number of benzene rings is 1. The molecule has 1 aliphatic heterocycles. The molecule has 5 rings (SSSR count). The van der Waals surface area contributed by atoms with E-state index in [0.717, 1.165) is 39.7 Å². The van der Waals surface area contributed by atoms with Gasteiger partial charge in [0.2, 0.25) is 10.0 Å². The van der Waals surface area contributed by atoms with Crippen molar-refractivity contribution in [2.75, 3.05) is 15.9 Å². The van der Waals surface area contributed by atoms with Crippen molar-refractivity contribution in [3.8, 4) is 5.13 Å². The third kappa shape index (κ3) is 4.54. The van der Waals surface area contributed by atoms with Gasteiger partial charge in [-0.25, -0.2) is 13.4 Å². The number of thiocarbonyl (C=S) groups is 1. The van der Waals surface area contributed by atoms with Crippen LogP contribution in [0.25, 0.3) is 5.13 Å². The van der Waals surface area contributed by atoms with Crippen LogP contribution >= 0.6 is 23.6 Å². The van der Waals surface area contributed by atoms with Gasteiger partial charge in [0.25, 0.3) is 0 Å². The number of hydrogen-bond acceptors (Lipinski definition) is 6. The minimum absolute atomic E-state index is 0.175. The molecule has 0 radical (unpaired) electrons. The fourth-order valence-electron chi connectivity index (χ4n) is 4.56. The molecule has 0 amide bonds. The van der Waals surface area contributed by atoms with Crippen LogP contribution in [-0.2, 0) is 10.0 Å². The van der Waals surface area contributed by atoms with Gasteiger partial charge >= 0.3 is 0 Å². The number of pyridine rings is 1. The maximum atomic E-state index is 11.6. The second kappa shape index (κ2) is 9.06. The van der Waals surface area contributed by atoms with E-state index in [1.807, 2.05) is 35.7 Å². The molecule has 1 aliphatic rings. The summed E-state index contributed by atoms with van der Waals surface area (Å²) >= 11 is 7.41. The first kappa shape index (κ1) is 23.5. The summed E-state index contributed by atoms with van der Waals surface area (Å²) in [5.41, 5.74) is 5.50. The maximum absolute atomic E-state index is 11.6. The van der Waals surface area contributed by atoms with Gasteiger partial charge in [0, 0.05) is 40.5 Å². The number of sulfonamides is 1. The Labute approximate surface area is 213 Å². The van der Waals surface area contributed by atoms with Crippen molar-refractivity contribution in [2.24, 2.45) is 0 Å². The number of anilines is 2. The SMILES string of the molecule is Cc1cc([C@@H]2[C@H](c3ccccn3)NC(=S)N2c2ccc(NS(C)(=O)=O)cc2)c(C)n1-c1nccs1. The molecule has 3 aromatic heterocycles. The third-order valence-corrected chi connectivity index (χ3v) is 7.62. The number of thiazole rings is 1. The minimum Gasteiger partial charge on any atom is -0.351 e. The van der Waals surface area contributed by atoms with Crippen molar-refractivity contribution in [2.45, 2.75) is 25.9 Å². The summed E-state index contributed by atoms with van der Waals surface area (Å²) in [5.74, 6) is 0. The summed E-state index contributed by atoms with van der Waals surface area (Å²) in [6.45, 7) is 4.17. The molecule has 2 N–H and O–H groups in total. The van der Waals surface area contributed by atoms with Crippen molar-refractivity contribution < 1.29 is 8.42 Å². The van der Waals surface area contributed by atoms with Crippen LogP contribution in [0.4, 0.5) is 11.4 Å². The van der Waals surface area contributed by atoms with Crippen molar-refractivity contribution in [3.05, 3.63) is 88.9 Å².